The van der Waals surface area contributed by atoms with Crippen molar-refractivity contribution in [3.8, 4) is 0 Å². The lowest BCUT2D eigenvalue weighted by molar-refractivity contribution is -0.895. The van der Waals surface area contributed by atoms with Gasteiger partial charge in [0.25, 0.3) is 11.6 Å². The number of benzene rings is 1. The Morgan fingerprint density at radius 2 is 2.08 bits per heavy atom. The number of carbonyl (C=O) groups excluding carboxylic acids is 1. The highest BCUT2D eigenvalue weighted by Crippen LogP contribution is 2.36. The Bertz CT molecular complexity index is 904. The first kappa shape index (κ1) is 16.7. The van der Waals surface area contributed by atoms with Gasteiger partial charge in [0.1, 0.15) is 17.7 Å². The zero-order chi connectivity index (χ0) is 18.3. The molecule has 4 rings (SSSR count). The molecule has 1 aromatic heterocycles. The highest BCUT2D eigenvalue weighted by Gasteiger charge is 2.32. The van der Waals surface area contributed by atoms with Gasteiger partial charge in [0.05, 0.1) is 29.0 Å². The highest BCUT2D eigenvalue weighted by atomic mass is 32.1. The van der Waals surface area contributed by atoms with E-state index in [9.17, 15) is 14.9 Å². The molecule has 3 heterocycles. The van der Waals surface area contributed by atoms with Crippen molar-refractivity contribution in [1.29, 1.82) is 0 Å². The third kappa shape index (κ3) is 3.09. The summed E-state index contributed by atoms with van der Waals surface area (Å²) in [6, 6.07) is 6.31. The zero-order valence-corrected chi connectivity index (χ0v) is 15.1. The summed E-state index contributed by atoms with van der Waals surface area (Å²) in [4.78, 5) is 25.6. The van der Waals surface area contributed by atoms with Crippen LogP contribution in [0.3, 0.4) is 0 Å². The van der Waals surface area contributed by atoms with Gasteiger partial charge < -0.3 is 15.5 Å². The lowest BCUT2D eigenvalue weighted by Gasteiger charge is -2.24. The van der Waals surface area contributed by atoms with Crippen molar-refractivity contribution in [2.75, 3.05) is 18.9 Å². The van der Waals surface area contributed by atoms with Gasteiger partial charge in [0.15, 0.2) is 0 Å². The Hall–Kier alpha value is -2.71. The van der Waals surface area contributed by atoms with Crippen LogP contribution in [0.4, 0.5) is 10.7 Å². The molecule has 0 bridgehead atoms. The molecule has 2 aliphatic rings. The highest BCUT2D eigenvalue weighted by molar-refractivity contribution is 7.16. The molecule has 1 aromatic carbocycles. The van der Waals surface area contributed by atoms with Gasteiger partial charge in [-0.15, -0.1) is 11.3 Å². The van der Waals surface area contributed by atoms with E-state index >= 15 is 0 Å². The molecule has 0 radical (unpaired) electrons. The largest absolute Gasteiger partial charge is 0.353 e. The minimum Gasteiger partial charge on any atom is -0.353 e. The predicted molar refractivity (Wildman–Crippen MR) is 100 cm³/mol. The number of hydrogen-bond donors (Lipinski definition) is 3. The van der Waals surface area contributed by atoms with E-state index in [0.717, 1.165) is 35.6 Å². The van der Waals surface area contributed by atoms with Crippen LogP contribution in [0.15, 0.2) is 30.3 Å². The summed E-state index contributed by atoms with van der Waals surface area (Å²) >= 11 is 1.67. The summed E-state index contributed by atoms with van der Waals surface area (Å²) < 4.78 is 0. The molecule has 134 valence electrons. The maximum Gasteiger partial charge on any atom is 0.269 e. The van der Waals surface area contributed by atoms with Crippen molar-refractivity contribution in [3.05, 3.63) is 62.0 Å². The second-order valence-corrected chi connectivity index (χ2v) is 7.75. The summed E-state index contributed by atoms with van der Waals surface area (Å²) in [5, 5.41) is 18.0. The average Bonchev–Trinajstić information content (AvgIpc) is 2.98. The van der Waals surface area contributed by atoms with E-state index in [-0.39, 0.29) is 17.8 Å². The van der Waals surface area contributed by atoms with Gasteiger partial charge in [-0.05, 0) is 29.3 Å². The summed E-state index contributed by atoms with van der Waals surface area (Å²) in [5.74, 6) is -0.0332. The fourth-order valence-electron chi connectivity index (χ4n) is 3.36. The van der Waals surface area contributed by atoms with Crippen molar-refractivity contribution in [3.63, 3.8) is 0 Å². The third-order valence-corrected chi connectivity index (χ3v) is 5.90. The van der Waals surface area contributed by atoms with Crippen LogP contribution in [0.1, 0.15) is 26.4 Å². The van der Waals surface area contributed by atoms with Crippen LogP contribution in [0, 0.1) is 10.1 Å². The number of rotatable bonds is 3. The number of non-ortho nitro benzene ring substituents is 1. The van der Waals surface area contributed by atoms with E-state index in [2.05, 4.69) is 17.7 Å². The third-order valence-electron chi connectivity index (χ3n) is 4.74. The summed E-state index contributed by atoms with van der Waals surface area (Å²) in [5.41, 5.74) is 2.90. The topological polar surface area (TPSA) is 88.7 Å². The van der Waals surface area contributed by atoms with Crippen molar-refractivity contribution in [2.45, 2.75) is 19.1 Å². The molecule has 2 aliphatic heterocycles. The van der Waals surface area contributed by atoms with Gasteiger partial charge in [-0.1, -0.05) is 6.08 Å². The van der Waals surface area contributed by atoms with E-state index in [0.29, 0.717) is 0 Å². The number of nitrogens with one attached hydrogen (secondary N) is 3. The molecule has 1 unspecified atom stereocenters. The Morgan fingerprint density at radius 3 is 2.81 bits per heavy atom. The number of anilines is 1. The smallest absolute Gasteiger partial charge is 0.269 e. The quantitative estimate of drug-likeness (QED) is 0.562. The van der Waals surface area contributed by atoms with E-state index in [4.69, 9.17) is 0 Å². The lowest BCUT2D eigenvalue weighted by atomic mass is 10.0. The number of likely N-dealkylation sites (N-methyl/N-ethyl adjacent to an activating group) is 1. The van der Waals surface area contributed by atoms with Crippen LogP contribution in [-0.4, -0.2) is 30.6 Å². The van der Waals surface area contributed by atoms with Crippen LogP contribution in [0.2, 0.25) is 0 Å². The first-order chi connectivity index (χ1) is 12.5. The van der Waals surface area contributed by atoms with E-state index in [1.165, 1.54) is 27.5 Å². The normalized spacial score (nSPS) is 21.7. The SMILES string of the molecule is C[NH+]1CCc2c(sc3c2C(=O)N[C@@H](/C=C\c2ccc([N+](=O)[O-])cc2)N3)C1. The van der Waals surface area contributed by atoms with E-state index < -0.39 is 4.92 Å². The minimum absolute atomic E-state index is 0.0332. The molecular weight excluding hydrogens is 352 g/mol. The molecule has 0 saturated carbocycles. The Balaban J connectivity index is 1.52. The Kier molecular flexibility index (Phi) is 4.21. The monoisotopic (exact) mass is 371 g/mol. The van der Waals surface area contributed by atoms with Crippen molar-refractivity contribution in [1.82, 2.24) is 5.32 Å². The van der Waals surface area contributed by atoms with Gasteiger partial charge in [-0.25, -0.2) is 0 Å². The maximum atomic E-state index is 12.6. The number of carbonyl (C=O) groups is 1. The fourth-order valence-corrected chi connectivity index (χ4v) is 4.76. The maximum absolute atomic E-state index is 12.6. The molecule has 2 aromatic rings. The van der Waals surface area contributed by atoms with Crippen LogP contribution in [0.5, 0.6) is 0 Å². The molecule has 2 atom stereocenters. The Labute approximate surface area is 154 Å². The van der Waals surface area contributed by atoms with E-state index in [1.807, 2.05) is 12.2 Å². The molecule has 26 heavy (non-hydrogen) atoms. The van der Waals surface area contributed by atoms with Crippen LogP contribution < -0.4 is 15.5 Å². The molecular formula is C18H19N4O3S+. The van der Waals surface area contributed by atoms with Crippen molar-refractivity contribution >= 4 is 34.0 Å². The number of quaternary nitrogens is 1. The Morgan fingerprint density at radius 1 is 1.31 bits per heavy atom. The second kappa shape index (κ2) is 6.54. The molecule has 8 heteroatoms. The number of fused-ring (bicyclic) bond motifs is 3. The molecule has 3 N–H and O–H groups in total. The molecule has 0 fully saturated rings. The average molecular weight is 371 g/mol. The minimum atomic E-state index is -0.421. The van der Waals surface area contributed by atoms with Gasteiger partial charge in [0.2, 0.25) is 0 Å². The number of hydrogen-bond acceptors (Lipinski definition) is 5. The first-order valence-corrected chi connectivity index (χ1v) is 9.29. The predicted octanol–water partition coefficient (Wildman–Crippen LogP) is 1.42. The van der Waals surface area contributed by atoms with Crippen LogP contribution >= 0.6 is 11.3 Å². The molecule has 1 amide bonds. The molecule has 0 saturated heterocycles. The summed E-state index contributed by atoms with van der Waals surface area (Å²) in [6.45, 7) is 2.01. The molecule has 0 spiro atoms. The van der Waals surface area contributed by atoms with Crippen molar-refractivity contribution in [2.24, 2.45) is 0 Å². The second-order valence-electron chi connectivity index (χ2n) is 6.65. The fraction of sp³-hybridized carbons (Fsp3) is 0.278. The van der Waals surface area contributed by atoms with Crippen LogP contribution in [-0.2, 0) is 13.0 Å². The van der Waals surface area contributed by atoms with Gasteiger partial charge >= 0.3 is 0 Å². The van der Waals surface area contributed by atoms with Gasteiger partial charge in [0, 0.05) is 18.6 Å². The van der Waals surface area contributed by atoms with Crippen LogP contribution in [0.25, 0.3) is 6.08 Å². The number of nitro benzene ring substituents is 1. The van der Waals surface area contributed by atoms with Gasteiger partial charge in [-0.3, -0.25) is 14.9 Å². The summed E-state index contributed by atoms with van der Waals surface area (Å²) in [7, 11) is 2.17. The molecule has 0 aliphatic carbocycles. The van der Waals surface area contributed by atoms with Crippen molar-refractivity contribution < 1.29 is 14.6 Å². The number of nitro groups is 1. The summed E-state index contributed by atoms with van der Waals surface area (Å²) in [6.07, 6.45) is 4.34. The van der Waals surface area contributed by atoms with E-state index in [1.54, 1.807) is 23.5 Å². The number of nitrogens with zero attached hydrogens (tertiary/aromatic N) is 1. The number of thiophene rings is 1. The number of amides is 1. The molecule has 7 nitrogen and oxygen atoms in total. The van der Waals surface area contributed by atoms with Gasteiger partial charge in [-0.2, -0.15) is 0 Å². The zero-order valence-electron chi connectivity index (χ0n) is 14.2. The first-order valence-electron chi connectivity index (χ1n) is 8.47. The lowest BCUT2D eigenvalue weighted by Crippen LogP contribution is -3.08. The standard InChI is InChI=1S/C18H18N4O3S/c1-21-9-8-13-14(10-21)26-18-16(13)17(23)19-15(20-18)7-4-11-2-5-12(6-3-11)22(24)25/h2-7,15,20H,8-10H2,1H3,(H,19,23)/p+1/b7-4-/t15-/m1/s1.